The van der Waals surface area contributed by atoms with E-state index in [2.05, 4.69) is 0 Å². The predicted octanol–water partition coefficient (Wildman–Crippen LogP) is -4.58. The Morgan fingerprint density at radius 1 is 1.00 bits per heavy atom. The van der Waals surface area contributed by atoms with Gasteiger partial charge in [0, 0.05) is 16.2 Å². The number of carbonyl (C=O) groups excluding carboxylic acids is 1. The predicted molar refractivity (Wildman–Crippen MR) is 84.8 cm³/mol. The summed E-state index contributed by atoms with van der Waals surface area (Å²) in [4.78, 5) is 12.4. The number of rotatable bonds is 4. The molecule has 1 aromatic carbocycles. The molecule has 7 nitrogen and oxygen atoms in total. The van der Waals surface area contributed by atoms with Gasteiger partial charge in [-0.1, -0.05) is 23.8 Å². The Kier molecular flexibility index (Phi) is 9.79. The van der Waals surface area contributed by atoms with Gasteiger partial charge in [-0.3, -0.25) is 4.79 Å². The van der Waals surface area contributed by atoms with Crippen molar-refractivity contribution in [3.8, 4) is 0 Å². The van der Waals surface area contributed by atoms with Gasteiger partial charge in [0.1, 0.15) is 20.2 Å². The summed E-state index contributed by atoms with van der Waals surface area (Å²) < 4.78 is 65.4. The topological polar surface area (TPSA) is 131 Å². The van der Waals surface area contributed by atoms with Crippen LogP contribution in [0.15, 0.2) is 48.1 Å². The fourth-order valence-electron chi connectivity index (χ4n) is 2.12. The van der Waals surface area contributed by atoms with Crippen molar-refractivity contribution in [1.82, 2.24) is 0 Å². The normalized spacial score (nSPS) is 18.9. The Bertz CT molecular complexity index is 923. The fourth-order valence-corrected chi connectivity index (χ4v) is 5.29. The van der Waals surface area contributed by atoms with Crippen molar-refractivity contribution in [3.63, 3.8) is 0 Å². The minimum atomic E-state index is -5.73. The Morgan fingerprint density at radius 2 is 1.46 bits per heavy atom. The van der Waals surface area contributed by atoms with Gasteiger partial charge < -0.3 is 9.11 Å². The van der Waals surface area contributed by atoms with Crippen LogP contribution in [-0.2, 0) is 20.2 Å². The molecule has 26 heavy (non-hydrogen) atoms. The van der Waals surface area contributed by atoms with Crippen molar-refractivity contribution in [3.05, 3.63) is 58.7 Å². The summed E-state index contributed by atoms with van der Waals surface area (Å²) in [5.74, 6) is -0.803. The van der Waals surface area contributed by atoms with Crippen molar-refractivity contribution >= 4 is 49.2 Å². The van der Waals surface area contributed by atoms with Crippen LogP contribution in [0.5, 0.6) is 0 Å². The number of ketones is 1. The monoisotopic (exact) mass is 456 g/mol. The van der Waals surface area contributed by atoms with E-state index < -0.39 is 41.0 Å². The minimum absolute atomic E-state index is 0. The summed E-state index contributed by atoms with van der Waals surface area (Å²) in [7, 11) is -11.5. The van der Waals surface area contributed by atoms with E-state index in [1.165, 1.54) is 24.3 Å². The van der Waals surface area contributed by atoms with Gasteiger partial charge >= 0.3 is 59.1 Å². The zero-order valence-corrected chi connectivity index (χ0v) is 20.7. The number of halogens is 2. The smallest absolute Gasteiger partial charge is 0.746 e. The number of allylic oxidation sites excluding steroid dienone is 3. The molecule has 1 unspecified atom stereocenters. The molecule has 1 atom stereocenters. The number of carbonyl (C=O) groups is 1. The van der Waals surface area contributed by atoms with Crippen molar-refractivity contribution < 1.29 is 89.9 Å². The molecule has 0 aromatic heterocycles. The molecular formula is C13H8Cl2Na2O7S2. The van der Waals surface area contributed by atoms with Gasteiger partial charge in [0.2, 0.25) is 0 Å². The van der Waals surface area contributed by atoms with E-state index in [-0.39, 0.29) is 64.7 Å². The molecule has 130 valence electrons. The second-order valence-electron chi connectivity index (χ2n) is 4.83. The number of hydrogen-bond donors (Lipinski definition) is 0. The first-order valence-electron chi connectivity index (χ1n) is 6.16. The van der Waals surface area contributed by atoms with E-state index in [9.17, 15) is 30.7 Å². The molecule has 13 heteroatoms. The zero-order valence-electron chi connectivity index (χ0n) is 13.5. The molecule has 1 aliphatic rings. The fraction of sp³-hybridized carbons (Fsp3) is 0.154. The first kappa shape index (κ1) is 26.8. The van der Waals surface area contributed by atoms with Crippen LogP contribution in [-0.4, -0.2) is 41.2 Å². The standard InChI is InChI=1S/C13H10Cl2O7S2.2Na/c14-10-4-1-8(2-5-10)12(16)9-3-6-11(15)13(7-9,23(17,18)19)24(20,21)22;;/h1-7,11H,(H,17,18,19)(H,20,21,22);;/q;2*+1/p-2. The van der Waals surface area contributed by atoms with Gasteiger partial charge in [0.05, 0.1) is 5.38 Å². The first-order chi connectivity index (χ1) is 10.9. The van der Waals surface area contributed by atoms with Crippen LogP contribution < -0.4 is 59.1 Å². The summed E-state index contributed by atoms with van der Waals surface area (Å²) >= 11 is 11.3. The second kappa shape index (κ2) is 9.51. The molecule has 0 fully saturated rings. The van der Waals surface area contributed by atoms with Crippen LogP contribution in [0.25, 0.3) is 0 Å². The molecule has 0 N–H and O–H groups in total. The Morgan fingerprint density at radius 3 is 1.88 bits per heavy atom. The molecule has 0 saturated carbocycles. The van der Waals surface area contributed by atoms with E-state index in [1.807, 2.05) is 0 Å². The van der Waals surface area contributed by atoms with Gasteiger partial charge in [0.25, 0.3) is 0 Å². The number of alkyl halides is 1. The van der Waals surface area contributed by atoms with Gasteiger partial charge in [0.15, 0.2) is 9.86 Å². The molecule has 1 aliphatic carbocycles. The van der Waals surface area contributed by atoms with Crippen LogP contribution in [0.4, 0.5) is 0 Å². The quantitative estimate of drug-likeness (QED) is 0.193. The Hall–Kier alpha value is 0.770. The van der Waals surface area contributed by atoms with E-state index in [0.717, 1.165) is 12.2 Å². The molecule has 0 spiro atoms. The van der Waals surface area contributed by atoms with E-state index in [0.29, 0.717) is 11.1 Å². The van der Waals surface area contributed by atoms with E-state index in [1.54, 1.807) is 0 Å². The molecule has 0 heterocycles. The largest absolute Gasteiger partial charge is 1.00 e. The van der Waals surface area contributed by atoms with Gasteiger partial charge in [-0.25, -0.2) is 16.8 Å². The molecule has 0 saturated heterocycles. The maximum atomic E-state index is 12.4. The first-order valence-corrected chi connectivity index (χ1v) is 9.79. The van der Waals surface area contributed by atoms with Crippen LogP contribution in [0.3, 0.4) is 0 Å². The average molecular weight is 457 g/mol. The second-order valence-corrected chi connectivity index (χ2v) is 9.16. The summed E-state index contributed by atoms with van der Waals surface area (Å²) in [5.41, 5.74) is -0.420. The summed E-state index contributed by atoms with van der Waals surface area (Å²) in [6, 6.07) is 5.39. The van der Waals surface area contributed by atoms with Crippen molar-refractivity contribution in [1.29, 1.82) is 0 Å². The van der Waals surface area contributed by atoms with Crippen LogP contribution >= 0.6 is 23.2 Å². The maximum Gasteiger partial charge on any atom is 1.00 e. The molecule has 0 radical (unpaired) electrons. The minimum Gasteiger partial charge on any atom is -0.746 e. The molecule has 1 aromatic rings. The summed E-state index contributed by atoms with van der Waals surface area (Å²) in [6.45, 7) is 0. The van der Waals surface area contributed by atoms with Crippen molar-refractivity contribution in [2.45, 2.75) is 9.46 Å². The molecule has 0 amide bonds. The van der Waals surface area contributed by atoms with Crippen LogP contribution in [0.2, 0.25) is 5.02 Å². The third-order valence-electron chi connectivity index (χ3n) is 3.34. The number of hydrogen-bond acceptors (Lipinski definition) is 7. The Balaban J connectivity index is 0.00000312. The van der Waals surface area contributed by atoms with Gasteiger partial charge in [-0.2, -0.15) is 0 Å². The SMILES string of the molecule is O=C(C1=CC(S(=O)(=O)[O-])(S(=O)(=O)[O-])C(Cl)C=C1)c1ccc(Cl)cc1.[Na+].[Na+]. The average Bonchev–Trinajstić information content (AvgIpc) is 2.45. The third kappa shape index (κ3) is 5.03. The molecular weight excluding hydrogens is 449 g/mol. The summed E-state index contributed by atoms with van der Waals surface area (Å²) in [5, 5.41) is -1.64. The Labute approximate surface area is 204 Å². The molecule has 2 rings (SSSR count). The van der Waals surface area contributed by atoms with Crippen LogP contribution in [0, 0.1) is 0 Å². The van der Waals surface area contributed by atoms with Gasteiger partial charge in [-0.05, 0) is 30.3 Å². The number of benzene rings is 1. The zero-order chi connectivity index (χ0) is 18.3. The van der Waals surface area contributed by atoms with E-state index >= 15 is 0 Å². The van der Waals surface area contributed by atoms with Gasteiger partial charge in [-0.15, -0.1) is 11.6 Å². The molecule has 0 bridgehead atoms. The maximum absolute atomic E-state index is 12.4. The van der Waals surface area contributed by atoms with Crippen molar-refractivity contribution in [2.24, 2.45) is 0 Å². The third-order valence-corrected chi connectivity index (χ3v) is 7.87. The van der Waals surface area contributed by atoms with Crippen molar-refractivity contribution in [2.75, 3.05) is 0 Å². The number of Topliss-reactive ketones (excluding diaryl/α,β-unsaturated/α-hetero) is 1. The van der Waals surface area contributed by atoms with Crippen LogP contribution in [0.1, 0.15) is 10.4 Å². The summed E-state index contributed by atoms with van der Waals surface area (Å²) in [6.07, 6.45) is 2.14. The van der Waals surface area contributed by atoms with E-state index in [4.69, 9.17) is 23.2 Å². The molecule has 0 aliphatic heterocycles.